The number of anilines is 2. The van der Waals surface area contributed by atoms with Gasteiger partial charge < -0.3 is 21.6 Å². The van der Waals surface area contributed by atoms with Gasteiger partial charge in [0, 0.05) is 0 Å². The summed E-state index contributed by atoms with van der Waals surface area (Å²) < 4.78 is 0. The molecule has 3 rings (SSSR count). The van der Waals surface area contributed by atoms with Gasteiger partial charge in [0.05, 0.1) is 22.4 Å². The quantitative estimate of drug-likeness (QED) is 0.472. The average molecular weight is 270 g/mol. The number of aromatic nitrogens is 2. The standard InChI is InChI=1S/C8H8N2O.C7H10N2/c1-5-3-2-4-6-7(5)10-8(11)9-6;1-5-3-2-4-6(8)7(5)9/h2-4H,1H3,(H2,9,10,11);2-4H,8-9H2,1H3. The van der Waals surface area contributed by atoms with Crippen molar-refractivity contribution in [1.29, 1.82) is 0 Å². The summed E-state index contributed by atoms with van der Waals surface area (Å²) in [6.07, 6.45) is 0. The molecule has 0 saturated carbocycles. The van der Waals surface area contributed by atoms with Crippen molar-refractivity contribution in [2.45, 2.75) is 13.8 Å². The minimum Gasteiger partial charge on any atom is -0.480 e. The monoisotopic (exact) mass is 270 g/mol. The molecular weight excluding hydrogens is 252 g/mol. The van der Waals surface area contributed by atoms with Gasteiger partial charge in [0.15, 0.2) is 0 Å². The van der Waals surface area contributed by atoms with Crippen LogP contribution in [-0.4, -0.2) is 15.1 Å². The molecule has 0 radical (unpaired) electrons. The summed E-state index contributed by atoms with van der Waals surface area (Å²) in [5, 5.41) is 9.01. The van der Waals surface area contributed by atoms with Gasteiger partial charge in [0.2, 0.25) is 0 Å². The first-order valence-electron chi connectivity index (χ1n) is 6.24. The van der Waals surface area contributed by atoms with Crippen LogP contribution in [-0.2, 0) is 0 Å². The Hall–Kier alpha value is -2.69. The van der Waals surface area contributed by atoms with Crippen molar-refractivity contribution >= 4 is 22.4 Å². The third-order valence-electron chi connectivity index (χ3n) is 3.06. The highest BCUT2D eigenvalue weighted by Gasteiger charge is 2.01. The second-order valence-corrected chi connectivity index (χ2v) is 4.61. The highest BCUT2D eigenvalue weighted by Crippen LogP contribution is 2.18. The zero-order valence-electron chi connectivity index (χ0n) is 11.5. The Morgan fingerprint density at radius 1 is 1.00 bits per heavy atom. The number of aryl methyl sites for hydroxylation is 2. The van der Waals surface area contributed by atoms with Gasteiger partial charge >= 0.3 is 0 Å². The number of hydrogen-bond donors (Lipinski definition) is 4. The zero-order chi connectivity index (χ0) is 14.7. The molecule has 0 amide bonds. The summed E-state index contributed by atoms with van der Waals surface area (Å²) >= 11 is 0. The SMILES string of the molecule is Cc1cccc(N)c1N.Cc1cccc2[nH]c(O)nc12. The maximum Gasteiger partial charge on any atom is 0.292 e. The number of imidazole rings is 1. The van der Waals surface area contributed by atoms with Crippen molar-refractivity contribution in [1.82, 2.24) is 9.97 Å². The summed E-state index contributed by atoms with van der Waals surface area (Å²) in [5.41, 5.74) is 16.2. The molecule has 0 saturated heterocycles. The van der Waals surface area contributed by atoms with E-state index in [0.29, 0.717) is 11.4 Å². The molecular formula is C15H18N4O. The third kappa shape index (κ3) is 2.83. The third-order valence-corrected chi connectivity index (χ3v) is 3.06. The summed E-state index contributed by atoms with van der Waals surface area (Å²) in [5.74, 6) is 0. The normalized spacial score (nSPS) is 10.1. The van der Waals surface area contributed by atoms with Crippen molar-refractivity contribution in [2.24, 2.45) is 0 Å². The van der Waals surface area contributed by atoms with Crippen molar-refractivity contribution in [3.05, 3.63) is 47.5 Å². The lowest BCUT2D eigenvalue weighted by atomic mass is 10.2. The fourth-order valence-corrected chi connectivity index (χ4v) is 1.87. The van der Waals surface area contributed by atoms with Crippen molar-refractivity contribution in [3.8, 4) is 6.01 Å². The molecule has 0 unspecified atom stereocenters. The molecule has 5 nitrogen and oxygen atoms in total. The second kappa shape index (κ2) is 5.52. The van der Waals surface area contributed by atoms with Gasteiger partial charge in [-0.25, -0.2) is 0 Å². The Labute approximate surface area is 117 Å². The molecule has 0 fully saturated rings. The van der Waals surface area contributed by atoms with E-state index in [4.69, 9.17) is 16.6 Å². The lowest BCUT2D eigenvalue weighted by Gasteiger charge is -2.00. The number of nitrogens with one attached hydrogen (secondary N) is 1. The first-order chi connectivity index (χ1) is 9.49. The Balaban J connectivity index is 0.000000151. The number of benzene rings is 2. The van der Waals surface area contributed by atoms with Crippen LogP contribution in [0.5, 0.6) is 6.01 Å². The molecule has 5 heteroatoms. The van der Waals surface area contributed by atoms with E-state index in [9.17, 15) is 0 Å². The zero-order valence-corrected chi connectivity index (χ0v) is 11.5. The molecule has 0 aliphatic rings. The molecule has 0 aliphatic heterocycles. The molecule has 3 aromatic rings. The molecule has 6 N–H and O–H groups in total. The molecule has 20 heavy (non-hydrogen) atoms. The molecule has 1 aromatic heterocycles. The number of nitrogens with zero attached hydrogens (tertiary/aromatic N) is 1. The van der Waals surface area contributed by atoms with Gasteiger partial charge in [0.1, 0.15) is 0 Å². The van der Waals surface area contributed by atoms with Crippen molar-refractivity contribution in [2.75, 3.05) is 11.5 Å². The number of nitrogens with two attached hydrogens (primary N) is 2. The molecule has 104 valence electrons. The molecule has 2 aromatic carbocycles. The smallest absolute Gasteiger partial charge is 0.292 e. The van der Waals surface area contributed by atoms with Gasteiger partial charge in [-0.05, 0) is 37.1 Å². The number of hydrogen-bond acceptors (Lipinski definition) is 4. The average Bonchev–Trinajstić information content (AvgIpc) is 2.79. The van der Waals surface area contributed by atoms with Crippen LogP contribution in [0.1, 0.15) is 11.1 Å². The van der Waals surface area contributed by atoms with E-state index in [1.807, 2.05) is 44.2 Å². The largest absolute Gasteiger partial charge is 0.480 e. The van der Waals surface area contributed by atoms with Crippen molar-refractivity contribution < 1.29 is 5.11 Å². The Bertz CT molecular complexity index is 714. The minimum absolute atomic E-state index is 0.0192. The molecule has 0 atom stereocenters. The second-order valence-electron chi connectivity index (χ2n) is 4.61. The lowest BCUT2D eigenvalue weighted by molar-refractivity contribution is 0.438. The first kappa shape index (κ1) is 13.7. The Kier molecular flexibility index (Phi) is 3.79. The van der Waals surface area contributed by atoms with E-state index in [1.165, 1.54) is 0 Å². The summed E-state index contributed by atoms with van der Waals surface area (Å²) in [4.78, 5) is 6.66. The predicted octanol–water partition coefficient (Wildman–Crippen LogP) is 2.74. The predicted molar refractivity (Wildman–Crippen MR) is 82.5 cm³/mol. The highest BCUT2D eigenvalue weighted by molar-refractivity contribution is 5.78. The van der Waals surface area contributed by atoms with E-state index in [1.54, 1.807) is 6.07 Å². The number of aromatic hydroxyl groups is 1. The molecule has 1 heterocycles. The minimum atomic E-state index is -0.0192. The Morgan fingerprint density at radius 2 is 1.65 bits per heavy atom. The number of rotatable bonds is 0. The van der Waals surface area contributed by atoms with Crippen LogP contribution in [0.25, 0.3) is 11.0 Å². The summed E-state index contributed by atoms with van der Waals surface area (Å²) in [6.45, 7) is 3.90. The van der Waals surface area contributed by atoms with Gasteiger partial charge in [-0.3, -0.25) is 0 Å². The number of para-hydroxylation sites is 2. The van der Waals surface area contributed by atoms with Crippen LogP contribution in [0.4, 0.5) is 11.4 Å². The van der Waals surface area contributed by atoms with Gasteiger partial charge in [-0.15, -0.1) is 0 Å². The van der Waals surface area contributed by atoms with Gasteiger partial charge in [0.25, 0.3) is 6.01 Å². The molecule has 0 spiro atoms. The van der Waals surface area contributed by atoms with Gasteiger partial charge in [-0.2, -0.15) is 4.98 Å². The van der Waals surface area contributed by atoms with Crippen LogP contribution in [0, 0.1) is 13.8 Å². The van der Waals surface area contributed by atoms with E-state index in [2.05, 4.69) is 9.97 Å². The van der Waals surface area contributed by atoms with E-state index in [-0.39, 0.29) is 6.01 Å². The van der Waals surface area contributed by atoms with Crippen LogP contribution in [0.2, 0.25) is 0 Å². The number of H-pyrrole nitrogens is 1. The van der Waals surface area contributed by atoms with Crippen LogP contribution in [0.15, 0.2) is 36.4 Å². The van der Waals surface area contributed by atoms with Crippen molar-refractivity contribution in [3.63, 3.8) is 0 Å². The maximum absolute atomic E-state index is 9.01. The number of nitrogen functional groups attached to an aromatic ring is 2. The fraction of sp³-hybridized carbons (Fsp3) is 0.133. The maximum atomic E-state index is 9.01. The number of aromatic amines is 1. The van der Waals surface area contributed by atoms with Gasteiger partial charge in [-0.1, -0.05) is 24.3 Å². The van der Waals surface area contributed by atoms with E-state index in [0.717, 1.165) is 22.2 Å². The highest BCUT2D eigenvalue weighted by atomic mass is 16.3. The molecule has 0 bridgehead atoms. The van der Waals surface area contributed by atoms with E-state index < -0.39 is 0 Å². The first-order valence-corrected chi connectivity index (χ1v) is 6.24. The van der Waals surface area contributed by atoms with Crippen LogP contribution in [0.3, 0.4) is 0 Å². The Morgan fingerprint density at radius 3 is 2.25 bits per heavy atom. The topological polar surface area (TPSA) is 101 Å². The van der Waals surface area contributed by atoms with E-state index >= 15 is 0 Å². The number of fused-ring (bicyclic) bond motifs is 1. The summed E-state index contributed by atoms with van der Waals surface area (Å²) in [6, 6.07) is 11.4. The molecule has 0 aliphatic carbocycles. The van der Waals surface area contributed by atoms with Crippen LogP contribution < -0.4 is 11.5 Å². The lowest BCUT2D eigenvalue weighted by Crippen LogP contribution is -1.95. The van der Waals surface area contributed by atoms with Crippen LogP contribution >= 0.6 is 0 Å². The summed E-state index contributed by atoms with van der Waals surface area (Å²) in [7, 11) is 0. The fourth-order valence-electron chi connectivity index (χ4n) is 1.87.